The largest absolute Gasteiger partial charge is 0.374 e. The highest BCUT2D eigenvalue weighted by molar-refractivity contribution is 5.30. The molecule has 2 fully saturated rings. The van der Waals surface area contributed by atoms with Gasteiger partial charge in [0.05, 0.1) is 5.60 Å². The van der Waals surface area contributed by atoms with Gasteiger partial charge in [-0.15, -0.1) is 0 Å². The Labute approximate surface area is 92.2 Å². The van der Waals surface area contributed by atoms with Crippen molar-refractivity contribution in [1.82, 2.24) is 0 Å². The lowest BCUT2D eigenvalue weighted by Gasteiger charge is -2.41. The molecule has 0 N–H and O–H groups in total. The van der Waals surface area contributed by atoms with Crippen LogP contribution in [0.3, 0.4) is 0 Å². The van der Waals surface area contributed by atoms with E-state index in [4.69, 9.17) is 4.74 Å². The standard InChI is InChI=1S/C14H20O/c1-3-11-9-14(6-4-10(11)2)13-8-12(13)5-7-15-14/h3,12-13H,1,4-9H2,2H3/t12-,13?,14?/m0/s1. The van der Waals surface area contributed by atoms with E-state index in [1.54, 1.807) is 0 Å². The summed E-state index contributed by atoms with van der Waals surface area (Å²) in [5.41, 5.74) is 3.20. The van der Waals surface area contributed by atoms with Crippen molar-refractivity contribution in [3.8, 4) is 0 Å². The number of fused-ring (bicyclic) bond motifs is 2. The third-order valence-electron chi connectivity index (χ3n) is 4.68. The van der Waals surface area contributed by atoms with Gasteiger partial charge in [0.2, 0.25) is 0 Å². The molecule has 82 valence electrons. The van der Waals surface area contributed by atoms with Crippen molar-refractivity contribution in [3.05, 3.63) is 23.8 Å². The van der Waals surface area contributed by atoms with Gasteiger partial charge in [-0.05, 0) is 50.0 Å². The highest BCUT2D eigenvalue weighted by atomic mass is 16.5. The Bertz CT molecular complexity index is 328. The molecule has 1 saturated carbocycles. The van der Waals surface area contributed by atoms with Gasteiger partial charge in [-0.3, -0.25) is 0 Å². The molecule has 0 radical (unpaired) electrons. The summed E-state index contributed by atoms with van der Waals surface area (Å²) in [4.78, 5) is 0. The van der Waals surface area contributed by atoms with Crippen molar-refractivity contribution in [2.24, 2.45) is 11.8 Å². The van der Waals surface area contributed by atoms with E-state index in [0.29, 0.717) is 0 Å². The van der Waals surface area contributed by atoms with E-state index in [2.05, 4.69) is 13.5 Å². The summed E-state index contributed by atoms with van der Waals surface area (Å²) in [5.74, 6) is 1.86. The lowest BCUT2D eigenvalue weighted by Crippen LogP contribution is -2.41. The predicted molar refractivity (Wildman–Crippen MR) is 61.6 cm³/mol. The van der Waals surface area contributed by atoms with Crippen molar-refractivity contribution in [1.29, 1.82) is 0 Å². The number of rotatable bonds is 1. The summed E-state index contributed by atoms with van der Waals surface area (Å²) < 4.78 is 6.16. The molecule has 2 unspecified atom stereocenters. The van der Waals surface area contributed by atoms with E-state index in [-0.39, 0.29) is 5.60 Å². The molecule has 1 heteroatoms. The first-order chi connectivity index (χ1) is 7.25. The molecule has 1 nitrogen and oxygen atoms in total. The first-order valence-electron chi connectivity index (χ1n) is 6.20. The minimum absolute atomic E-state index is 0.214. The first-order valence-corrected chi connectivity index (χ1v) is 6.20. The van der Waals surface area contributed by atoms with Crippen molar-refractivity contribution >= 4 is 0 Å². The second-order valence-electron chi connectivity index (χ2n) is 5.49. The van der Waals surface area contributed by atoms with Gasteiger partial charge in [-0.25, -0.2) is 0 Å². The Morgan fingerprint density at radius 1 is 1.53 bits per heavy atom. The zero-order valence-corrected chi connectivity index (χ0v) is 9.59. The quantitative estimate of drug-likeness (QED) is 0.635. The monoisotopic (exact) mass is 204 g/mol. The molecule has 0 aromatic heterocycles. The molecule has 3 aliphatic rings. The second kappa shape index (κ2) is 3.21. The summed E-state index contributed by atoms with van der Waals surface area (Å²) in [5, 5.41) is 0. The van der Waals surface area contributed by atoms with Gasteiger partial charge in [0.15, 0.2) is 0 Å². The Kier molecular flexibility index (Phi) is 2.07. The van der Waals surface area contributed by atoms with Gasteiger partial charge in [-0.1, -0.05) is 18.2 Å². The van der Waals surface area contributed by atoms with Crippen LogP contribution in [0.5, 0.6) is 0 Å². The van der Waals surface area contributed by atoms with Gasteiger partial charge in [0, 0.05) is 13.0 Å². The lowest BCUT2D eigenvalue weighted by molar-refractivity contribution is -0.0955. The average Bonchev–Trinajstić information content (AvgIpc) is 3.02. The van der Waals surface area contributed by atoms with Crippen LogP contribution in [0.4, 0.5) is 0 Å². The molecule has 1 spiro atoms. The minimum Gasteiger partial charge on any atom is -0.374 e. The SMILES string of the molecule is C=CC1=C(C)CCC2(C1)OCC[C@H]1CC12. The Morgan fingerprint density at radius 3 is 3.20 bits per heavy atom. The van der Waals surface area contributed by atoms with E-state index in [0.717, 1.165) is 24.9 Å². The summed E-state index contributed by atoms with van der Waals surface area (Å²) >= 11 is 0. The summed E-state index contributed by atoms with van der Waals surface area (Å²) in [6.45, 7) is 7.18. The number of hydrogen-bond donors (Lipinski definition) is 0. The lowest BCUT2D eigenvalue weighted by atomic mass is 9.76. The molecule has 15 heavy (non-hydrogen) atoms. The summed E-state index contributed by atoms with van der Waals surface area (Å²) in [7, 11) is 0. The molecular formula is C14H20O. The van der Waals surface area contributed by atoms with Crippen molar-refractivity contribution < 1.29 is 4.74 Å². The second-order valence-corrected chi connectivity index (χ2v) is 5.49. The molecule has 1 aliphatic heterocycles. The first kappa shape index (κ1) is 9.65. The minimum atomic E-state index is 0.214. The fourth-order valence-corrected chi connectivity index (χ4v) is 3.54. The molecule has 1 heterocycles. The van der Waals surface area contributed by atoms with E-state index in [1.165, 1.54) is 36.8 Å². The molecule has 0 aromatic rings. The summed E-state index contributed by atoms with van der Waals surface area (Å²) in [6, 6.07) is 0. The highest BCUT2D eigenvalue weighted by Gasteiger charge is 2.56. The van der Waals surface area contributed by atoms with E-state index in [9.17, 15) is 0 Å². The average molecular weight is 204 g/mol. The Balaban J connectivity index is 1.86. The molecule has 0 amide bonds. The Morgan fingerprint density at radius 2 is 2.40 bits per heavy atom. The fourth-order valence-electron chi connectivity index (χ4n) is 3.54. The van der Waals surface area contributed by atoms with Crippen LogP contribution in [0.25, 0.3) is 0 Å². The highest BCUT2D eigenvalue weighted by Crippen LogP contribution is 2.58. The van der Waals surface area contributed by atoms with Crippen molar-refractivity contribution in [2.45, 2.75) is 44.6 Å². The molecule has 1 saturated heterocycles. The smallest absolute Gasteiger partial charge is 0.0756 e. The maximum Gasteiger partial charge on any atom is 0.0756 e. The fraction of sp³-hybridized carbons (Fsp3) is 0.714. The zero-order valence-electron chi connectivity index (χ0n) is 9.59. The van der Waals surface area contributed by atoms with Gasteiger partial charge in [-0.2, -0.15) is 0 Å². The molecule has 3 atom stereocenters. The van der Waals surface area contributed by atoms with Gasteiger partial charge < -0.3 is 4.74 Å². The molecule has 0 aromatic carbocycles. The summed E-state index contributed by atoms with van der Waals surface area (Å²) in [6.07, 6.45) is 8.36. The van der Waals surface area contributed by atoms with Crippen LogP contribution in [0.15, 0.2) is 23.8 Å². The van der Waals surface area contributed by atoms with Gasteiger partial charge in [0.1, 0.15) is 0 Å². The third-order valence-corrected chi connectivity index (χ3v) is 4.68. The maximum atomic E-state index is 6.16. The van der Waals surface area contributed by atoms with E-state index < -0.39 is 0 Å². The van der Waals surface area contributed by atoms with Gasteiger partial charge >= 0.3 is 0 Å². The molecule has 2 aliphatic carbocycles. The number of allylic oxidation sites excluding steroid dienone is 2. The van der Waals surface area contributed by atoms with Gasteiger partial charge in [0.25, 0.3) is 0 Å². The topological polar surface area (TPSA) is 9.23 Å². The van der Waals surface area contributed by atoms with Crippen LogP contribution in [0.1, 0.15) is 39.0 Å². The van der Waals surface area contributed by atoms with Crippen LogP contribution in [-0.2, 0) is 4.74 Å². The number of hydrogen-bond acceptors (Lipinski definition) is 1. The van der Waals surface area contributed by atoms with E-state index >= 15 is 0 Å². The maximum absolute atomic E-state index is 6.16. The third kappa shape index (κ3) is 1.40. The van der Waals surface area contributed by atoms with Crippen LogP contribution in [0, 0.1) is 11.8 Å². The molecule has 3 rings (SSSR count). The zero-order chi connectivity index (χ0) is 10.5. The van der Waals surface area contributed by atoms with Crippen LogP contribution < -0.4 is 0 Å². The van der Waals surface area contributed by atoms with Crippen molar-refractivity contribution in [2.75, 3.05) is 6.61 Å². The van der Waals surface area contributed by atoms with Crippen LogP contribution in [-0.4, -0.2) is 12.2 Å². The number of ether oxygens (including phenoxy) is 1. The van der Waals surface area contributed by atoms with E-state index in [1.807, 2.05) is 6.08 Å². The van der Waals surface area contributed by atoms with Crippen LogP contribution >= 0.6 is 0 Å². The van der Waals surface area contributed by atoms with Crippen LogP contribution in [0.2, 0.25) is 0 Å². The molecule has 0 bridgehead atoms. The Hall–Kier alpha value is -0.560. The normalized spacial score (nSPS) is 44.1. The predicted octanol–water partition coefficient (Wildman–Crippen LogP) is 3.47. The van der Waals surface area contributed by atoms with Crippen molar-refractivity contribution in [3.63, 3.8) is 0 Å². The molecular weight excluding hydrogens is 184 g/mol.